The van der Waals surface area contributed by atoms with Crippen molar-refractivity contribution >= 4 is 22.5 Å². The second kappa shape index (κ2) is 7.71. The molecule has 7 nitrogen and oxygen atoms in total. The molecule has 4 aromatic rings. The molecule has 0 fully saturated rings. The van der Waals surface area contributed by atoms with Crippen molar-refractivity contribution in [3.8, 4) is 5.75 Å². The Morgan fingerprint density at radius 3 is 2.50 bits per heavy atom. The van der Waals surface area contributed by atoms with E-state index in [4.69, 9.17) is 4.74 Å². The number of amides is 1. The van der Waals surface area contributed by atoms with Crippen molar-refractivity contribution in [2.45, 2.75) is 6.73 Å². The molecule has 0 atom stereocenters. The molecule has 1 amide bonds. The molecule has 4 rings (SSSR count). The normalized spacial score (nSPS) is 10.6. The van der Waals surface area contributed by atoms with E-state index >= 15 is 0 Å². The van der Waals surface area contributed by atoms with Crippen molar-refractivity contribution in [1.29, 1.82) is 0 Å². The lowest BCUT2D eigenvalue weighted by Gasteiger charge is -2.12. The number of carbonyl (C=O) groups is 1. The maximum absolute atomic E-state index is 12.6. The van der Waals surface area contributed by atoms with Crippen LogP contribution >= 0.6 is 0 Å². The summed E-state index contributed by atoms with van der Waals surface area (Å²) in [6, 6.07) is 22.9. The van der Waals surface area contributed by atoms with Crippen molar-refractivity contribution in [3.05, 3.63) is 94.8 Å². The van der Waals surface area contributed by atoms with Gasteiger partial charge in [0.2, 0.25) is 0 Å². The molecule has 0 saturated carbocycles. The SMILES string of the molecule is O=C(Nc1ccccc1)c1ccccc1OCn1nnc2ccccc2c1=O. The van der Waals surface area contributed by atoms with Gasteiger partial charge in [-0.3, -0.25) is 9.59 Å². The smallest absolute Gasteiger partial charge is 0.280 e. The molecule has 0 unspecified atom stereocenters. The van der Waals surface area contributed by atoms with Crippen LogP contribution in [-0.2, 0) is 6.73 Å². The first-order valence-electron chi connectivity index (χ1n) is 8.63. The summed E-state index contributed by atoms with van der Waals surface area (Å²) >= 11 is 0. The third-order valence-corrected chi connectivity index (χ3v) is 4.13. The number of para-hydroxylation sites is 2. The Bertz CT molecular complexity index is 1190. The van der Waals surface area contributed by atoms with Crippen LogP contribution in [-0.4, -0.2) is 20.9 Å². The predicted octanol–water partition coefficient (Wildman–Crippen LogP) is 3.08. The largest absolute Gasteiger partial charge is 0.470 e. The highest BCUT2D eigenvalue weighted by Gasteiger charge is 2.13. The Hall–Kier alpha value is -4.00. The van der Waals surface area contributed by atoms with Crippen molar-refractivity contribution < 1.29 is 9.53 Å². The summed E-state index contributed by atoms with van der Waals surface area (Å²) in [4.78, 5) is 25.1. The molecule has 0 spiro atoms. The first-order valence-corrected chi connectivity index (χ1v) is 8.63. The number of nitrogens with one attached hydrogen (secondary N) is 1. The molecule has 0 saturated heterocycles. The zero-order valence-corrected chi connectivity index (χ0v) is 14.8. The second-order valence-corrected chi connectivity index (χ2v) is 6.00. The number of aromatic nitrogens is 3. The standard InChI is InChI=1S/C21H16N4O3/c26-20(22-15-8-2-1-3-9-15)17-11-5-7-13-19(17)28-14-25-21(27)16-10-4-6-12-18(16)23-24-25/h1-13H,14H2,(H,22,26). The number of fused-ring (bicyclic) bond motifs is 1. The van der Waals surface area contributed by atoms with E-state index in [1.165, 1.54) is 0 Å². The van der Waals surface area contributed by atoms with Crippen LogP contribution in [0.2, 0.25) is 0 Å². The number of carbonyl (C=O) groups excluding carboxylic acids is 1. The van der Waals surface area contributed by atoms with Gasteiger partial charge in [0.05, 0.1) is 10.9 Å². The number of ether oxygens (including phenoxy) is 1. The molecule has 0 aliphatic rings. The van der Waals surface area contributed by atoms with Crippen molar-refractivity contribution in [1.82, 2.24) is 15.0 Å². The summed E-state index contributed by atoms with van der Waals surface area (Å²) in [7, 11) is 0. The van der Waals surface area contributed by atoms with Crippen LogP contribution in [0.5, 0.6) is 5.75 Å². The van der Waals surface area contributed by atoms with Gasteiger partial charge in [0, 0.05) is 5.69 Å². The summed E-state index contributed by atoms with van der Waals surface area (Å²) in [5.74, 6) is 0.0385. The quantitative estimate of drug-likeness (QED) is 0.582. The van der Waals surface area contributed by atoms with Gasteiger partial charge in [0.1, 0.15) is 11.3 Å². The molecule has 0 aliphatic carbocycles. The molecule has 3 aromatic carbocycles. The molecule has 0 bridgehead atoms. The first-order chi connectivity index (χ1) is 13.7. The highest BCUT2D eigenvalue weighted by Crippen LogP contribution is 2.20. The summed E-state index contributed by atoms with van der Waals surface area (Å²) in [5, 5.41) is 11.2. The van der Waals surface area contributed by atoms with Crippen molar-refractivity contribution in [2.75, 3.05) is 5.32 Å². The van der Waals surface area contributed by atoms with E-state index < -0.39 is 0 Å². The molecule has 0 radical (unpaired) electrons. The molecule has 138 valence electrons. The fraction of sp³-hybridized carbons (Fsp3) is 0.0476. The van der Waals surface area contributed by atoms with Crippen LogP contribution in [0, 0.1) is 0 Å². The van der Waals surface area contributed by atoms with Crippen LogP contribution in [0.4, 0.5) is 5.69 Å². The highest BCUT2D eigenvalue weighted by molar-refractivity contribution is 6.06. The number of hydrogen-bond donors (Lipinski definition) is 1. The van der Waals surface area contributed by atoms with Gasteiger partial charge in [-0.05, 0) is 36.4 Å². The Balaban J connectivity index is 1.55. The lowest BCUT2D eigenvalue weighted by molar-refractivity contribution is 0.102. The van der Waals surface area contributed by atoms with Crippen LogP contribution in [0.3, 0.4) is 0 Å². The van der Waals surface area contributed by atoms with E-state index in [9.17, 15) is 9.59 Å². The first kappa shape index (κ1) is 17.4. The predicted molar refractivity (Wildman–Crippen MR) is 105 cm³/mol. The zero-order valence-electron chi connectivity index (χ0n) is 14.8. The van der Waals surface area contributed by atoms with Crippen LogP contribution in [0.1, 0.15) is 10.4 Å². The minimum atomic E-state index is -0.309. The average molecular weight is 372 g/mol. The van der Waals surface area contributed by atoms with Crippen molar-refractivity contribution in [3.63, 3.8) is 0 Å². The minimum Gasteiger partial charge on any atom is -0.470 e. The van der Waals surface area contributed by atoms with Gasteiger partial charge in [0.15, 0.2) is 6.73 Å². The summed E-state index contributed by atoms with van der Waals surface area (Å²) in [6.07, 6.45) is 0. The third kappa shape index (κ3) is 3.59. The van der Waals surface area contributed by atoms with E-state index in [-0.39, 0.29) is 18.2 Å². The topological polar surface area (TPSA) is 86.1 Å². The molecule has 1 N–H and O–H groups in total. The van der Waals surface area contributed by atoms with E-state index in [1.54, 1.807) is 60.7 Å². The molecule has 1 heterocycles. The highest BCUT2D eigenvalue weighted by atomic mass is 16.5. The van der Waals surface area contributed by atoms with E-state index in [0.29, 0.717) is 27.9 Å². The van der Waals surface area contributed by atoms with Gasteiger partial charge in [-0.2, -0.15) is 4.68 Å². The molecule has 0 aliphatic heterocycles. The monoisotopic (exact) mass is 372 g/mol. The zero-order chi connectivity index (χ0) is 19.3. The van der Waals surface area contributed by atoms with Crippen LogP contribution < -0.4 is 15.6 Å². The Kier molecular flexibility index (Phi) is 4.79. The Labute approximate surface area is 160 Å². The Morgan fingerprint density at radius 1 is 0.929 bits per heavy atom. The molecule has 28 heavy (non-hydrogen) atoms. The number of hydrogen-bond acceptors (Lipinski definition) is 5. The van der Waals surface area contributed by atoms with Gasteiger partial charge < -0.3 is 10.1 Å². The van der Waals surface area contributed by atoms with Crippen LogP contribution in [0.25, 0.3) is 10.9 Å². The van der Waals surface area contributed by atoms with E-state index in [0.717, 1.165) is 4.68 Å². The van der Waals surface area contributed by atoms with Gasteiger partial charge in [-0.15, -0.1) is 5.10 Å². The van der Waals surface area contributed by atoms with Crippen LogP contribution in [0.15, 0.2) is 83.7 Å². The fourth-order valence-corrected chi connectivity index (χ4v) is 2.74. The average Bonchev–Trinajstić information content (AvgIpc) is 2.74. The number of rotatable bonds is 5. The molecule has 7 heteroatoms. The molecular formula is C21H16N4O3. The minimum absolute atomic E-state index is 0.160. The van der Waals surface area contributed by atoms with Gasteiger partial charge in [0.25, 0.3) is 11.5 Å². The Morgan fingerprint density at radius 2 is 1.64 bits per heavy atom. The van der Waals surface area contributed by atoms with Crippen molar-refractivity contribution in [2.24, 2.45) is 0 Å². The lowest BCUT2D eigenvalue weighted by atomic mass is 10.2. The summed E-state index contributed by atoms with van der Waals surface area (Å²) in [5.41, 5.74) is 1.25. The maximum Gasteiger partial charge on any atom is 0.280 e. The summed E-state index contributed by atoms with van der Waals surface area (Å²) < 4.78 is 6.83. The maximum atomic E-state index is 12.6. The third-order valence-electron chi connectivity index (χ3n) is 4.13. The van der Waals surface area contributed by atoms with Gasteiger partial charge in [-0.1, -0.05) is 47.7 Å². The number of anilines is 1. The van der Waals surface area contributed by atoms with E-state index in [1.807, 2.05) is 18.2 Å². The number of nitrogens with zero attached hydrogens (tertiary/aromatic N) is 3. The lowest BCUT2D eigenvalue weighted by Crippen LogP contribution is -2.27. The summed E-state index contributed by atoms with van der Waals surface area (Å²) in [6.45, 7) is -0.160. The van der Waals surface area contributed by atoms with E-state index in [2.05, 4.69) is 15.6 Å². The molecule has 1 aromatic heterocycles. The second-order valence-electron chi connectivity index (χ2n) is 6.00. The fourth-order valence-electron chi connectivity index (χ4n) is 2.74. The van der Waals surface area contributed by atoms with Gasteiger partial charge in [-0.25, -0.2) is 0 Å². The number of benzene rings is 3. The van der Waals surface area contributed by atoms with Gasteiger partial charge >= 0.3 is 0 Å². The molecular weight excluding hydrogens is 356 g/mol.